The summed E-state index contributed by atoms with van der Waals surface area (Å²) >= 11 is 1.42. The Morgan fingerprint density at radius 3 is 2.43 bits per heavy atom. The Balaban J connectivity index is 1.39. The van der Waals surface area contributed by atoms with Gasteiger partial charge in [0.25, 0.3) is 11.8 Å². The molecule has 3 heterocycles. The molecule has 0 spiro atoms. The van der Waals surface area contributed by atoms with Crippen LogP contribution in [-0.4, -0.2) is 43.1 Å². The quantitative estimate of drug-likeness (QED) is 0.501. The van der Waals surface area contributed by atoms with Gasteiger partial charge in [0.15, 0.2) is 5.82 Å². The molecule has 1 aliphatic rings. The fourth-order valence-electron chi connectivity index (χ4n) is 3.37. The van der Waals surface area contributed by atoms with E-state index in [0.29, 0.717) is 28.3 Å². The molecule has 5 rings (SSSR count). The SMILES string of the molecule is Cc1cccc(-c2nnc3sc(CCN4C(=O)c5ccccc5C4=O)nn23)c1. The van der Waals surface area contributed by atoms with Gasteiger partial charge in [-0.25, -0.2) is 0 Å². The summed E-state index contributed by atoms with van der Waals surface area (Å²) in [6.45, 7) is 2.31. The second-order valence-electron chi connectivity index (χ2n) is 6.64. The largest absolute Gasteiger partial charge is 0.274 e. The predicted molar refractivity (Wildman–Crippen MR) is 104 cm³/mol. The van der Waals surface area contributed by atoms with Crippen molar-refractivity contribution in [3.05, 3.63) is 70.2 Å². The second kappa shape index (κ2) is 6.35. The van der Waals surface area contributed by atoms with Crippen molar-refractivity contribution in [1.82, 2.24) is 24.7 Å². The summed E-state index contributed by atoms with van der Waals surface area (Å²) in [6, 6.07) is 14.9. The van der Waals surface area contributed by atoms with Crippen LogP contribution in [0.3, 0.4) is 0 Å². The Bertz CT molecular complexity index is 1210. The number of hydrogen-bond donors (Lipinski definition) is 0. The average Bonchev–Trinajstić information content (AvgIpc) is 3.34. The Hall–Kier alpha value is -3.39. The number of amides is 2. The van der Waals surface area contributed by atoms with E-state index in [4.69, 9.17) is 0 Å². The normalized spacial score (nSPS) is 13.5. The molecule has 28 heavy (non-hydrogen) atoms. The first-order chi connectivity index (χ1) is 13.6. The molecular weight excluding hydrogens is 374 g/mol. The number of benzene rings is 2. The molecule has 8 heteroatoms. The molecule has 2 aromatic carbocycles. The van der Waals surface area contributed by atoms with E-state index in [9.17, 15) is 9.59 Å². The minimum atomic E-state index is -0.246. The topological polar surface area (TPSA) is 80.5 Å². The van der Waals surface area contributed by atoms with Gasteiger partial charge in [0, 0.05) is 18.5 Å². The van der Waals surface area contributed by atoms with E-state index >= 15 is 0 Å². The van der Waals surface area contributed by atoms with Crippen molar-refractivity contribution in [2.45, 2.75) is 13.3 Å². The molecule has 2 aromatic heterocycles. The highest BCUT2D eigenvalue weighted by molar-refractivity contribution is 7.16. The van der Waals surface area contributed by atoms with Crippen LogP contribution in [0.15, 0.2) is 48.5 Å². The summed E-state index contributed by atoms with van der Waals surface area (Å²) in [5, 5.41) is 13.8. The summed E-state index contributed by atoms with van der Waals surface area (Å²) < 4.78 is 1.72. The van der Waals surface area contributed by atoms with Crippen molar-refractivity contribution >= 4 is 28.1 Å². The van der Waals surface area contributed by atoms with Gasteiger partial charge in [-0.2, -0.15) is 9.61 Å². The molecular formula is C20H15N5O2S. The van der Waals surface area contributed by atoms with Crippen molar-refractivity contribution in [1.29, 1.82) is 0 Å². The molecule has 1 aliphatic heterocycles. The van der Waals surface area contributed by atoms with E-state index in [2.05, 4.69) is 15.3 Å². The molecule has 2 amide bonds. The number of aryl methyl sites for hydroxylation is 1. The Kier molecular flexibility index (Phi) is 3.80. The molecule has 7 nitrogen and oxygen atoms in total. The number of imide groups is 1. The number of nitrogens with zero attached hydrogens (tertiary/aromatic N) is 5. The lowest BCUT2D eigenvalue weighted by Crippen LogP contribution is -2.31. The van der Waals surface area contributed by atoms with Crippen LogP contribution in [0.5, 0.6) is 0 Å². The highest BCUT2D eigenvalue weighted by Crippen LogP contribution is 2.25. The van der Waals surface area contributed by atoms with E-state index in [1.54, 1.807) is 28.8 Å². The van der Waals surface area contributed by atoms with Gasteiger partial charge in [0.05, 0.1) is 11.1 Å². The Morgan fingerprint density at radius 1 is 0.964 bits per heavy atom. The summed E-state index contributed by atoms with van der Waals surface area (Å²) in [4.78, 5) is 26.9. The lowest BCUT2D eigenvalue weighted by atomic mass is 10.1. The van der Waals surface area contributed by atoms with Crippen molar-refractivity contribution in [2.75, 3.05) is 6.54 Å². The first kappa shape index (κ1) is 16.8. The maximum Gasteiger partial charge on any atom is 0.261 e. The third-order valence-corrected chi connectivity index (χ3v) is 5.70. The lowest BCUT2D eigenvalue weighted by Gasteiger charge is -2.12. The minimum Gasteiger partial charge on any atom is -0.274 e. The number of fused-ring (bicyclic) bond motifs is 2. The van der Waals surface area contributed by atoms with E-state index in [1.165, 1.54) is 16.2 Å². The van der Waals surface area contributed by atoms with E-state index < -0.39 is 0 Å². The molecule has 0 saturated carbocycles. The van der Waals surface area contributed by atoms with Crippen LogP contribution in [0, 0.1) is 6.92 Å². The highest BCUT2D eigenvalue weighted by atomic mass is 32.1. The first-order valence-electron chi connectivity index (χ1n) is 8.85. The molecule has 0 atom stereocenters. The zero-order valence-corrected chi connectivity index (χ0v) is 15.8. The molecule has 0 bridgehead atoms. The van der Waals surface area contributed by atoms with Crippen LogP contribution in [0.25, 0.3) is 16.3 Å². The minimum absolute atomic E-state index is 0.246. The molecule has 0 fully saturated rings. The van der Waals surface area contributed by atoms with Crippen LogP contribution in [0.1, 0.15) is 31.3 Å². The molecule has 0 unspecified atom stereocenters. The van der Waals surface area contributed by atoms with Crippen LogP contribution in [0.2, 0.25) is 0 Å². The number of carbonyl (C=O) groups excluding carboxylic acids is 2. The first-order valence-corrected chi connectivity index (χ1v) is 9.67. The van der Waals surface area contributed by atoms with Gasteiger partial charge >= 0.3 is 0 Å². The van der Waals surface area contributed by atoms with Crippen LogP contribution in [0.4, 0.5) is 0 Å². The number of aromatic nitrogens is 4. The van der Waals surface area contributed by atoms with Crippen LogP contribution >= 0.6 is 11.3 Å². The van der Waals surface area contributed by atoms with E-state index in [0.717, 1.165) is 16.1 Å². The van der Waals surface area contributed by atoms with Gasteiger partial charge in [-0.1, -0.05) is 47.2 Å². The van der Waals surface area contributed by atoms with Crippen LogP contribution < -0.4 is 0 Å². The Morgan fingerprint density at radius 2 is 1.71 bits per heavy atom. The third-order valence-electron chi connectivity index (χ3n) is 4.74. The number of carbonyl (C=O) groups is 2. The van der Waals surface area contributed by atoms with Gasteiger partial charge in [-0.3, -0.25) is 14.5 Å². The van der Waals surface area contributed by atoms with E-state index in [1.807, 2.05) is 31.2 Å². The van der Waals surface area contributed by atoms with E-state index in [-0.39, 0.29) is 18.4 Å². The molecule has 0 aliphatic carbocycles. The summed E-state index contributed by atoms with van der Waals surface area (Å²) in [7, 11) is 0. The molecule has 138 valence electrons. The number of hydrogen-bond acceptors (Lipinski definition) is 6. The summed E-state index contributed by atoms with van der Waals surface area (Å²) in [5.74, 6) is 0.190. The van der Waals surface area contributed by atoms with Gasteiger partial charge in [0.1, 0.15) is 5.01 Å². The lowest BCUT2D eigenvalue weighted by molar-refractivity contribution is 0.0656. The monoisotopic (exact) mass is 389 g/mol. The number of rotatable bonds is 4. The van der Waals surface area contributed by atoms with Crippen molar-refractivity contribution in [2.24, 2.45) is 0 Å². The second-order valence-corrected chi connectivity index (χ2v) is 7.68. The summed E-state index contributed by atoms with van der Waals surface area (Å²) in [5.41, 5.74) is 3.01. The third kappa shape index (κ3) is 2.61. The van der Waals surface area contributed by atoms with Gasteiger partial charge in [0.2, 0.25) is 4.96 Å². The van der Waals surface area contributed by atoms with Gasteiger partial charge in [-0.15, -0.1) is 10.2 Å². The average molecular weight is 389 g/mol. The van der Waals surface area contributed by atoms with Crippen molar-refractivity contribution in [3.63, 3.8) is 0 Å². The highest BCUT2D eigenvalue weighted by Gasteiger charge is 2.34. The zero-order chi connectivity index (χ0) is 19.3. The Labute approximate surface area is 164 Å². The molecule has 0 saturated heterocycles. The van der Waals surface area contributed by atoms with Gasteiger partial charge < -0.3 is 0 Å². The fraction of sp³-hybridized carbons (Fsp3) is 0.150. The molecule has 0 N–H and O–H groups in total. The smallest absolute Gasteiger partial charge is 0.261 e. The zero-order valence-electron chi connectivity index (χ0n) is 15.0. The summed E-state index contributed by atoms with van der Waals surface area (Å²) in [6.07, 6.45) is 0.479. The maximum absolute atomic E-state index is 12.5. The standard InChI is InChI=1S/C20H15N5O2S/c1-12-5-4-6-13(11-12)17-21-22-20-25(17)23-16(28-20)9-10-24-18(26)14-7-2-3-8-15(14)19(24)27/h2-8,11H,9-10H2,1H3. The molecule has 4 aromatic rings. The predicted octanol–water partition coefficient (Wildman–Crippen LogP) is 3.00. The van der Waals surface area contributed by atoms with Crippen molar-refractivity contribution < 1.29 is 9.59 Å². The van der Waals surface area contributed by atoms with Gasteiger partial charge in [-0.05, 0) is 25.1 Å². The maximum atomic E-state index is 12.5. The van der Waals surface area contributed by atoms with Crippen LogP contribution in [-0.2, 0) is 6.42 Å². The van der Waals surface area contributed by atoms with Crippen molar-refractivity contribution in [3.8, 4) is 11.4 Å². The fourth-order valence-corrected chi connectivity index (χ4v) is 4.19. The molecule has 0 radical (unpaired) electrons.